The van der Waals surface area contributed by atoms with Crippen LogP contribution in [0, 0.1) is 0 Å². The summed E-state index contributed by atoms with van der Waals surface area (Å²) < 4.78 is 18.4. The van der Waals surface area contributed by atoms with Gasteiger partial charge in [0.15, 0.2) is 0 Å². The lowest BCUT2D eigenvalue weighted by Crippen LogP contribution is -2.50. The third-order valence-electron chi connectivity index (χ3n) is 6.32. The van der Waals surface area contributed by atoms with Gasteiger partial charge in [-0.15, -0.1) is 0 Å². The Morgan fingerprint density at radius 1 is 0.778 bits per heavy atom. The number of ether oxygens (including phenoxy) is 3. The molecule has 1 aliphatic rings. The van der Waals surface area contributed by atoms with Gasteiger partial charge in [0.2, 0.25) is 0 Å². The first kappa shape index (κ1) is 26.1. The fourth-order valence-corrected chi connectivity index (χ4v) is 4.41. The van der Waals surface area contributed by atoms with Gasteiger partial charge in [-0.3, -0.25) is 0 Å². The molecule has 0 aliphatic heterocycles. The maximum atomic E-state index is 11.9. The first-order valence-corrected chi connectivity index (χ1v) is 13.1. The van der Waals surface area contributed by atoms with Crippen LogP contribution in [0.5, 0.6) is 17.2 Å². The minimum absolute atomic E-state index is 0.0961. The molecule has 1 aliphatic carbocycles. The topological polar surface area (TPSA) is 56.8 Å². The van der Waals surface area contributed by atoms with E-state index in [9.17, 15) is 4.79 Å². The molecule has 0 radical (unpaired) electrons. The molecule has 1 amide bonds. The van der Waals surface area contributed by atoms with E-state index in [4.69, 9.17) is 14.2 Å². The standard InChI is InChI=1S/C30H34BrNO4/c1-29(2,3)36-28(33)32-23-18-27(19-23)35-25-14-8-21(9-15-25)30(4,5)20-6-12-24(13-7-20)34-26-16-10-22(31)11-17-26/h6-17,23,27H,18-19H2,1-5H3,(H,32,33). The summed E-state index contributed by atoms with van der Waals surface area (Å²) in [6.45, 7) is 10.0. The molecule has 36 heavy (non-hydrogen) atoms. The molecule has 0 atom stereocenters. The van der Waals surface area contributed by atoms with Crippen LogP contribution in [0.25, 0.3) is 0 Å². The average Bonchev–Trinajstić information content (AvgIpc) is 2.79. The molecule has 4 rings (SSSR count). The zero-order chi connectivity index (χ0) is 25.9. The zero-order valence-corrected chi connectivity index (χ0v) is 23.1. The first-order chi connectivity index (χ1) is 17.0. The quantitative estimate of drug-likeness (QED) is 0.323. The van der Waals surface area contributed by atoms with Crippen LogP contribution < -0.4 is 14.8 Å². The highest BCUT2D eigenvalue weighted by atomic mass is 79.9. The van der Waals surface area contributed by atoms with Crippen molar-refractivity contribution in [3.05, 3.63) is 88.4 Å². The predicted octanol–water partition coefficient (Wildman–Crippen LogP) is 8.00. The van der Waals surface area contributed by atoms with Gasteiger partial charge in [0.1, 0.15) is 29.0 Å². The van der Waals surface area contributed by atoms with Crippen LogP contribution >= 0.6 is 15.9 Å². The summed E-state index contributed by atoms with van der Waals surface area (Å²) in [5, 5.41) is 2.90. The van der Waals surface area contributed by atoms with Crippen molar-refractivity contribution < 1.29 is 19.0 Å². The SMILES string of the molecule is CC(C)(C)OC(=O)NC1CC(Oc2ccc(C(C)(C)c3ccc(Oc4ccc(Br)cc4)cc3)cc2)C1. The monoisotopic (exact) mass is 551 g/mol. The zero-order valence-electron chi connectivity index (χ0n) is 21.5. The van der Waals surface area contributed by atoms with Gasteiger partial charge in [-0.2, -0.15) is 0 Å². The number of halogens is 1. The number of hydrogen-bond donors (Lipinski definition) is 1. The van der Waals surface area contributed by atoms with Gasteiger partial charge in [-0.1, -0.05) is 54.0 Å². The van der Waals surface area contributed by atoms with Crippen molar-refractivity contribution in [2.24, 2.45) is 0 Å². The number of benzene rings is 3. The lowest BCUT2D eigenvalue weighted by molar-refractivity contribution is 0.0363. The molecular weight excluding hydrogens is 518 g/mol. The first-order valence-electron chi connectivity index (χ1n) is 12.3. The maximum Gasteiger partial charge on any atom is 0.407 e. The lowest BCUT2D eigenvalue weighted by Gasteiger charge is -2.36. The van der Waals surface area contributed by atoms with Gasteiger partial charge in [-0.05, 0) is 80.4 Å². The fourth-order valence-electron chi connectivity index (χ4n) is 4.14. The van der Waals surface area contributed by atoms with Crippen molar-refractivity contribution in [1.82, 2.24) is 5.32 Å². The van der Waals surface area contributed by atoms with Crippen molar-refractivity contribution >= 4 is 22.0 Å². The molecule has 5 nitrogen and oxygen atoms in total. The van der Waals surface area contributed by atoms with Crippen LogP contribution in [0.1, 0.15) is 58.6 Å². The lowest BCUT2D eigenvalue weighted by atomic mass is 9.78. The summed E-state index contributed by atoms with van der Waals surface area (Å²) in [6.07, 6.45) is 1.29. The number of hydrogen-bond acceptors (Lipinski definition) is 4. The number of alkyl carbamates (subject to hydrolysis) is 1. The molecule has 3 aromatic rings. The Balaban J connectivity index is 1.30. The van der Waals surface area contributed by atoms with Crippen LogP contribution in [0.2, 0.25) is 0 Å². The van der Waals surface area contributed by atoms with Crippen LogP contribution in [-0.2, 0) is 10.2 Å². The molecule has 1 saturated carbocycles. The Labute approximate surface area is 222 Å². The van der Waals surface area contributed by atoms with E-state index in [1.165, 1.54) is 11.1 Å². The van der Waals surface area contributed by atoms with Gasteiger partial charge in [0, 0.05) is 28.8 Å². The van der Waals surface area contributed by atoms with E-state index in [2.05, 4.69) is 59.4 Å². The van der Waals surface area contributed by atoms with Gasteiger partial charge < -0.3 is 19.5 Å². The van der Waals surface area contributed by atoms with Crippen LogP contribution in [0.3, 0.4) is 0 Å². The molecule has 0 saturated heterocycles. The van der Waals surface area contributed by atoms with Crippen molar-refractivity contribution in [2.45, 2.75) is 70.6 Å². The van der Waals surface area contributed by atoms with E-state index in [0.29, 0.717) is 0 Å². The minimum Gasteiger partial charge on any atom is -0.490 e. The van der Waals surface area contributed by atoms with Gasteiger partial charge in [-0.25, -0.2) is 4.79 Å². The Morgan fingerprint density at radius 3 is 1.75 bits per heavy atom. The molecular formula is C30H34BrNO4. The molecule has 0 bridgehead atoms. The summed E-state index contributed by atoms with van der Waals surface area (Å²) in [6, 6.07) is 24.4. The highest BCUT2D eigenvalue weighted by Gasteiger charge is 2.33. The van der Waals surface area contributed by atoms with E-state index in [-0.39, 0.29) is 23.7 Å². The summed E-state index contributed by atoms with van der Waals surface area (Å²) in [5.74, 6) is 2.45. The number of amides is 1. The smallest absolute Gasteiger partial charge is 0.407 e. The molecule has 0 heterocycles. The average molecular weight is 553 g/mol. The van der Waals surface area contributed by atoms with Crippen molar-refractivity contribution in [1.29, 1.82) is 0 Å². The minimum atomic E-state index is -0.491. The summed E-state index contributed by atoms with van der Waals surface area (Å²) in [7, 11) is 0. The fraction of sp³-hybridized carbons (Fsp3) is 0.367. The molecule has 190 valence electrons. The second kappa shape index (κ2) is 10.6. The molecule has 3 aromatic carbocycles. The second-order valence-electron chi connectivity index (χ2n) is 10.8. The van der Waals surface area contributed by atoms with E-state index >= 15 is 0 Å². The van der Waals surface area contributed by atoms with E-state index < -0.39 is 5.60 Å². The van der Waals surface area contributed by atoms with Crippen molar-refractivity contribution in [3.63, 3.8) is 0 Å². The van der Waals surface area contributed by atoms with Crippen LogP contribution in [0.4, 0.5) is 4.79 Å². The number of carbonyl (C=O) groups excluding carboxylic acids is 1. The van der Waals surface area contributed by atoms with E-state index in [1.807, 2.05) is 69.3 Å². The molecule has 0 aromatic heterocycles. The summed E-state index contributed by atoms with van der Waals surface area (Å²) >= 11 is 3.44. The third kappa shape index (κ3) is 6.82. The Kier molecular flexibility index (Phi) is 7.65. The number of carbonyl (C=O) groups is 1. The second-order valence-corrected chi connectivity index (χ2v) is 11.7. The molecule has 1 fully saturated rings. The predicted molar refractivity (Wildman–Crippen MR) is 146 cm³/mol. The number of rotatable bonds is 7. The van der Waals surface area contributed by atoms with Gasteiger partial charge >= 0.3 is 6.09 Å². The third-order valence-corrected chi connectivity index (χ3v) is 6.85. The van der Waals surface area contributed by atoms with E-state index in [1.54, 1.807) is 0 Å². The Morgan fingerprint density at radius 2 is 1.25 bits per heavy atom. The number of nitrogens with one attached hydrogen (secondary N) is 1. The Hall–Kier alpha value is -2.99. The van der Waals surface area contributed by atoms with Crippen LogP contribution in [0.15, 0.2) is 77.3 Å². The molecule has 1 N–H and O–H groups in total. The van der Waals surface area contributed by atoms with E-state index in [0.717, 1.165) is 34.6 Å². The van der Waals surface area contributed by atoms with Crippen molar-refractivity contribution in [3.8, 4) is 17.2 Å². The normalized spacial score (nSPS) is 17.6. The maximum absolute atomic E-state index is 11.9. The van der Waals surface area contributed by atoms with Gasteiger partial charge in [0.05, 0.1) is 0 Å². The highest BCUT2D eigenvalue weighted by molar-refractivity contribution is 9.10. The molecule has 0 unspecified atom stereocenters. The van der Waals surface area contributed by atoms with Gasteiger partial charge in [0.25, 0.3) is 0 Å². The summed E-state index contributed by atoms with van der Waals surface area (Å²) in [5.41, 5.74) is 1.74. The van der Waals surface area contributed by atoms with Crippen LogP contribution in [-0.4, -0.2) is 23.8 Å². The van der Waals surface area contributed by atoms with Crippen molar-refractivity contribution in [2.75, 3.05) is 0 Å². The summed E-state index contributed by atoms with van der Waals surface area (Å²) in [4.78, 5) is 11.9. The molecule has 0 spiro atoms. The highest BCUT2D eigenvalue weighted by Crippen LogP contribution is 2.35. The molecule has 6 heteroatoms. The largest absolute Gasteiger partial charge is 0.490 e. The Bertz CT molecular complexity index is 1160.